The van der Waals surface area contributed by atoms with Gasteiger partial charge in [-0.1, -0.05) is 23.3 Å². The monoisotopic (exact) mass is 158 g/mol. The number of nitroso groups, excluding NO2 is 1. The van der Waals surface area contributed by atoms with Crippen LogP contribution in [0.3, 0.4) is 0 Å². The summed E-state index contributed by atoms with van der Waals surface area (Å²) in [6.07, 6.45) is 1.74. The number of aryl methyl sites for hydroxylation is 1. The van der Waals surface area contributed by atoms with Gasteiger partial charge in [-0.3, -0.25) is 0 Å². The molecular weight excluding hydrogens is 152 g/mol. The molecule has 0 aliphatic rings. The van der Waals surface area contributed by atoms with E-state index in [1.807, 2.05) is 13.0 Å². The summed E-state index contributed by atoms with van der Waals surface area (Å²) in [5, 5.41) is 0.551. The molecule has 1 aromatic rings. The van der Waals surface area contributed by atoms with Crippen LogP contribution in [0.25, 0.3) is 0 Å². The van der Waals surface area contributed by atoms with Gasteiger partial charge in [-0.05, 0) is 18.6 Å². The molecule has 3 nitrogen and oxygen atoms in total. The molecule has 0 atom stereocenters. The van der Waals surface area contributed by atoms with Crippen LogP contribution in [0.4, 0.5) is 0 Å². The van der Waals surface area contributed by atoms with Gasteiger partial charge in [0.15, 0.2) is 0 Å². The molecule has 0 saturated heterocycles. The van der Waals surface area contributed by atoms with Gasteiger partial charge in [0.2, 0.25) is 0 Å². The van der Waals surface area contributed by atoms with Gasteiger partial charge in [0.1, 0.15) is 5.15 Å². The van der Waals surface area contributed by atoms with Crippen molar-refractivity contribution in [1.82, 2.24) is 4.98 Å². The zero-order chi connectivity index (χ0) is 7.98. The smallest absolute Gasteiger partial charge is 0.129 e. The van der Waals surface area contributed by atoms with Crippen LogP contribution in [0.15, 0.2) is 18.3 Å². The molecule has 1 N–H and O–H groups in total. The van der Waals surface area contributed by atoms with Crippen LogP contribution in [-0.4, -0.2) is 4.98 Å². The van der Waals surface area contributed by atoms with Gasteiger partial charge in [-0.2, -0.15) is 4.91 Å². The number of hydrogen-bond acceptors (Lipinski definition) is 3. The van der Waals surface area contributed by atoms with Crippen LogP contribution >= 0.6 is 11.6 Å². The average molecular weight is 159 g/mol. The predicted molar refractivity (Wildman–Crippen MR) is 40.1 cm³/mol. The van der Waals surface area contributed by atoms with Crippen LogP contribution in [-0.2, 0) is 0 Å². The summed E-state index contributed by atoms with van der Waals surface area (Å²) in [4.78, 5) is 11.3. The summed E-state index contributed by atoms with van der Waals surface area (Å²) >= 11 is 5.50. The summed E-state index contributed by atoms with van der Waals surface area (Å²) in [5.74, 6) is 0. The minimum absolute atomic E-state index is 0.551. The van der Waals surface area contributed by atoms with Gasteiger partial charge in [0.05, 0.1) is 0 Å². The van der Waals surface area contributed by atoms with E-state index in [0.29, 0.717) is 5.15 Å². The highest BCUT2D eigenvalue weighted by Gasteiger charge is 1.83. The van der Waals surface area contributed by atoms with Crippen LogP contribution in [0, 0.1) is 17.4 Å². The Morgan fingerprint density at radius 3 is 2.40 bits per heavy atom. The lowest BCUT2D eigenvalue weighted by Gasteiger charge is -1.87. The average Bonchev–Trinajstić information content (AvgIpc) is 2.00. The first-order valence-electron chi connectivity index (χ1n) is 2.57. The number of pyridine rings is 1. The number of halogens is 1. The molecule has 0 spiro atoms. The SMILES string of the molecule is Cc1ccc(Cl)nc1.N=O. The van der Waals surface area contributed by atoms with Crippen molar-refractivity contribution >= 4 is 11.6 Å². The molecule has 0 amide bonds. The maximum Gasteiger partial charge on any atom is 0.129 e. The third-order valence-electron chi connectivity index (χ3n) is 0.875. The Kier molecular flexibility index (Phi) is 4.41. The lowest BCUT2D eigenvalue weighted by Crippen LogP contribution is -1.73. The maximum atomic E-state index is 7.50. The van der Waals surface area contributed by atoms with E-state index < -0.39 is 0 Å². The summed E-state index contributed by atoms with van der Waals surface area (Å²) in [5.41, 5.74) is 5.63. The molecule has 0 saturated carbocycles. The van der Waals surface area contributed by atoms with Crippen molar-refractivity contribution in [2.75, 3.05) is 0 Å². The Bertz CT molecular complexity index is 166. The number of nitrogens with one attached hydrogen (secondary N) is 1. The summed E-state index contributed by atoms with van der Waals surface area (Å²) in [7, 11) is 0. The van der Waals surface area contributed by atoms with E-state index in [1.165, 1.54) is 0 Å². The molecule has 0 bridgehead atoms. The Labute approximate surface area is 63.8 Å². The van der Waals surface area contributed by atoms with Crippen LogP contribution in [0.1, 0.15) is 5.56 Å². The first kappa shape index (κ1) is 9.04. The highest BCUT2D eigenvalue weighted by Crippen LogP contribution is 2.02. The van der Waals surface area contributed by atoms with E-state index in [9.17, 15) is 0 Å². The van der Waals surface area contributed by atoms with E-state index >= 15 is 0 Å². The number of nitrogens with zero attached hydrogens (tertiary/aromatic N) is 1. The zero-order valence-electron chi connectivity index (χ0n) is 5.47. The molecule has 4 heteroatoms. The van der Waals surface area contributed by atoms with Crippen molar-refractivity contribution in [2.24, 2.45) is 0 Å². The molecule has 54 valence electrons. The highest BCUT2D eigenvalue weighted by molar-refractivity contribution is 6.29. The number of rotatable bonds is 0. The first-order valence-corrected chi connectivity index (χ1v) is 2.95. The largest absolute Gasteiger partial charge is 0.244 e. The van der Waals surface area contributed by atoms with Crippen LogP contribution in [0.5, 0.6) is 0 Å². The highest BCUT2D eigenvalue weighted by atomic mass is 35.5. The number of aromatic nitrogens is 1. The normalized spacial score (nSPS) is 7.80. The van der Waals surface area contributed by atoms with Gasteiger partial charge in [-0.25, -0.2) is 4.98 Å². The molecule has 0 aromatic carbocycles. The van der Waals surface area contributed by atoms with Gasteiger partial charge in [0.25, 0.3) is 0 Å². The fourth-order valence-corrected chi connectivity index (χ4v) is 0.562. The first-order chi connectivity index (χ1) is 4.79. The van der Waals surface area contributed by atoms with Crippen molar-refractivity contribution < 1.29 is 0 Å². The molecular formula is C6H7ClN2O. The Morgan fingerprint density at radius 1 is 1.50 bits per heavy atom. The molecule has 1 heterocycles. The molecule has 0 radical (unpaired) electrons. The van der Waals surface area contributed by atoms with E-state index in [0.717, 1.165) is 5.56 Å². The van der Waals surface area contributed by atoms with E-state index in [2.05, 4.69) is 10.6 Å². The predicted octanol–water partition coefficient (Wildman–Crippen LogP) is 2.37. The standard InChI is InChI=1S/C6H6ClN.HNO/c1-5-2-3-6(7)8-4-5;1-2/h2-4H,1H3;1H. The van der Waals surface area contributed by atoms with Crippen molar-refractivity contribution in [3.05, 3.63) is 34.0 Å². The van der Waals surface area contributed by atoms with Crippen LogP contribution in [0.2, 0.25) is 5.15 Å². The summed E-state index contributed by atoms with van der Waals surface area (Å²) in [6, 6.07) is 3.70. The second kappa shape index (κ2) is 4.88. The van der Waals surface area contributed by atoms with Crippen molar-refractivity contribution in [3.8, 4) is 0 Å². The quantitative estimate of drug-likeness (QED) is 0.466. The summed E-state index contributed by atoms with van der Waals surface area (Å²) < 4.78 is 0. The molecule has 0 fully saturated rings. The Balaban J connectivity index is 0.000000371. The fraction of sp³-hybridized carbons (Fsp3) is 0.167. The fourth-order valence-electron chi connectivity index (χ4n) is 0.450. The molecule has 1 aromatic heterocycles. The Morgan fingerprint density at radius 2 is 2.10 bits per heavy atom. The molecule has 0 aliphatic heterocycles. The van der Waals surface area contributed by atoms with E-state index in [1.54, 1.807) is 12.3 Å². The number of hydrogen-bond donors (Lipinski definition) is 1. The minimum atomic E-state index is 0.551. The molecule has 0 aliphatic carbocycles. The lowest BCUT2D eigenvalue weighted by atomic mass is 10.3. The summed E-state index contributed by atoms with van der Waals surface area (Å²) in [6.45, 7) is 1.98. The van der Waals surface area contributed by atoms with Crippen LogP contribution < -0.4 is 0 Å². The van der Waals surface area contributed by atoms with Gasteiger partial charge in [0, 0.05) is 6.20 Å². The third-order valence-corrected chi connectivity index (χ3v) is 1.10. The second-order valence-corrected chi connectivity index (χ2v) is 2.05. The third kappa shape index (κ3) is 3.14. The van der Waals surface area contributed by atoms with Crippen molar-refractivity contribution in [1.29, 1.82) is 5.59 Å². The van der Waals surface area contributed by atoms with Gasteiger partial charge in [-0.15, -0.1) is 0 Å². The van der Waals surface area contributed by atoms with E-state index in [-0.39, 0.29) is 0 Å². The molecule has 0 unspecified atom stereocenters. The zero-order valence-corrected chi connectivity index (χ0v) is 6.22. The van der Waals surface area contributed by atoms with Crippen molar-refractivity contribution in [2.45, 2.75) is 6.92 Å². The maximum absolute atomic E-state index is 7.50. The van der Waals surface area contributed by atoms with Gasteiger partial charge < -0.3 is 0 Å². The Hall–Kier alpha value is -0.960. The minimum Gasteiger partial charge on any atom is -0.244 e. The van der Waals surface area contributed by atoms with Gasteiger partial charge >= 0.3 is 0 Å². The topological polar surface area (TPSA) is 53.8 Å². The molecule has 1 rings (SSSR count). The van der Waals surface area contributed by atoms with Crippen molar-refractivity contribution in [3.63, 3.8) is 0 Å². The van der Waals surface area contributed by atoms with E-state index in [4.69, 9.17) is 16.5 Å². The molecule has 10 heavy (non-hydrogen) atoms. The lowest BCUT2D eigenvalue weighted by molar-refractivity contribution is 1.27. The second-order valence-electron chi connectivity index (χ2n) is 1.66.